The number of benzene rings is 1. The van der Waals surface area contributed by atoms with Gasteiger partial charge in [0, 0.05) is 11.0 Å². The Morgan fingerprint density at radius 2 is 2.21 bits per heavy atom. The van der Waals surface area contributed by atoms with Gasteiger partial charge in [0.25, 0.3) is 0 Å². The van der Waals surface area contributed by atoms with Crippen molar-refractivity contribution in [3.05, 3.63) is 33.8 Å². The van der Waals surface area contributed by atoms with Crippen LogP contribution in [0.25, 0.3) is 6.08 Å². The predicted molar refractivity (Wildman–Crippen MR) is 63.5 cm³/mol. The van der Waals surface area contributed by atoms with E-state index < -0.39 is 0 Å². The lowest BCUT2D eigenvalue weighted by Gasteiger charge is -2.07. The standard InChI is InChI=1S/C11H14BrNO/c1-8-9(4-3-5-13)6-10(14-2)7-11(8)12/h3-4,6-7H,5,13H2,1-2H3/b4-3+. The maximum atomic E-state index is 5.41. The van der Waals surface area contributed by atoms with Gasteiger partial charge in [-0.3, -0.25) is 0 Å². The third-order valence-corrected chi connectivity index (χ3v) is 2.85. The smallest absolute Gasteiger partial charge is 0.120 e. The summed E-state index contributed by atoms with van der Waals surface area (Å²) in [6.45, 7) is 2.61. The van der Waals surface area contributed by atoms with Gasteiger partial charge < -0.3 is 10.5 Å². The van der Waals surface area contributed by atoms with Gasteiger partial charge in [-0.1, -0.05) is 28.1 Å². The second-order valence-corrected chi connectivity index (χ2v) is 3.82. The summed E-state index contributed by atoms with van der Waals surface area (Å²) in [5.74, 6) is 0.846. The Morgan fingerprint density at radius 1 is 1.50 bits per heavy atom. The first-order valence-electron chi connectivity index (χ1n) is 4.39. The Labute approximate surface area is 92.9 Å². The molecule has 0 amide bonds. The first-order valence-corrected chi connectivity index (χ1v) is 5.19. The molecule has 14 heavy (non-hydrogen) atoms. The summed E-state index contributed by atoms with van der Waals surface area (Å²) < 4.78 is 6.23. The summed E-state index contributed by atoms with van der Waals surface area (Å²) in [6, 6.07) is 3.95. The molecule has 0 aliphatic heterocycles. The summed E-state index contributed by atoms with van der Waals surface area (Å²) in [6.07, 6.45) is 3.93. The van der Waals surface area contributed by atoms with Gasteiger partial charge in [0.15, 0.2) is 0 Å². The number of nitrogens with two attached hydrogens (primary N) is 1. The molecule has 0 bridgehead atoms. The first kappa shape index (κ1) is 11.3. The van der Waals surface area contributed by atoms with Crippen LogP contribution in [-0.4, -0.2) is 13.7 Å². The van der Waals surface area contributed by atoms with Crippen molar-refractivity contribution in [3.8, 4) is 5.75 Å². The zero-order valence-corrected chi connectivity index (χ0v) is 9.97. The molecule has 1 aromatic carbocycles. The lowest BCUT2D eigenvalue weighted by Crippen LogP contribution is -1.93. The molecule has 2 nitrogen and oxygen atoms in total. The monoisotopic (exact) mass is 255 g/mol. The molecule has 1 aromatic rings. The van der Waals surface area contributed by atoms with Crippen LogP contribution in [0.3, 0.4) is 0 Å². The van der Waals surface area contributed by atoms with Crippen molar-refractivity contribution < 1.29 is 4.74 Å². The third kappa shape index (κ3) is 2.59. The molecule has 2 N–H and O–H groups in total. The molecular weight excluding hydrogens is 242 g/mol. The van der Waals surface area contributed by atoms with Gasteiger partial charge in [0.1, 0.15) is 5.75 Å². The van der Waals surface area contributed by atoms with Gasteiger partial charge in [0.2, 0.25) is 0 Å². The number of methoxy groups -OCH3 is 1. The Bertz CT molecular complexity index is 347. The average Bonchev–Trinajstić information content (AvgIpc) is 2.20. The maximum absolute atomic E-state index is 5.41. The summed E-state index contributed by atoms with van der Waals surface area (Å²) in [4.78, 5) is 0. The molecule has 0 spiro atoms. The van der Waals surface area contributed by atoms with E-state index in [2.05, 4.69) is 22.9 Å². The van der Waals surface area contributed by atoms with Crippen LogP contribution in [0.1, 0.15) is 11.1 Å². The van der Waals surface area contributed by atoms with E-state index in [1.807, 2.05) is 24.3 Å². The lowest BCUT2D eigenvalue weighted by molar-refractivity contribution is 0.414. The van der Waals surface area contributed by atoms with Gasteiger partial charge in [-0.25, -0.2) is 0 Å². The van der Waals surface area contributed by atoms with Crippen LogP contribution >= 0.6 is 15.9 Å². The Hall–Kier alpha value is -0.800. The van der Waals surface area contributed by atoms with Crippen molar-refractivity contribution in [2.75, 3.05) is 13.7 Å². The van der Waals surface area contributed by atoms with Gasteiger partial charge >= 0.3 is 0 Å². The highest BCUT2D eigenvalue weighted by atomic mass is 79.9. The zero-order valence-electron chi connectivity index (χ0n) is 8.38. The van der Waals surface area contributed by atoms with E-state index in [0.29, 0.717) is 6.54 Å². The minimum Gasteiger partial charge on any atom is -0.497 e. The Morgan fingerprint density at radius 3 is 2.79 bits per heavy atom. The van der Waals surface area contributed by atoms with E-state index in [9.17, 15) is 0 Å². The molecule has 0 atom stereocenters. The van der Waals surface area contributed by atoms with Crippen LogP contribution in [0, 0.1) is 6.92 Å². The van der Waals surface area contributed by atoms with Gasteiger partial charge in [-0.15, -0.1) is 0 Å². The molecule has 3 heteroatoms. The van der Waals surface area contributed by atoms with Crippen LogP contribution in [0.15, 0.2) is 22.7 Å². The normalized spacial score (nSPS) is 10.9. The summed E-state index contributed by atoms with van der Waals surface area (Å²) in [5, 5.41) is 0. The van der Waals surface area contributed by atoms with Gasteiger partial charge in [-0.05, 0) is 30.2 Å². The summed E-state index contributed by atoms with van der Waals surface area (Å²) >= 11 is 3.48. The molecule has 76 valence electrons. The van der Waals surface area contributed by atoms with Crippen LogP contribution in [-0.2, 0) is 0 Å². The molecule has 0 aliphatic carbocycles. The van der Waals surface area contributed by atoms with Crippen molar-refractivity contribution in [1.29, 1.82) is 0 Å². The second-order valence-electron chi connectivity index (χ2n) is 2.96. The molecule has 0 aliphatic rings. The van der Waals surface area contributed by atoms with E-state index in [-0.39, 0.29) is 0 Å². The van der Waals surface area contributed by atoms with Crippen LogP contribution < -0.4 is 10.5 Å². The minimum atomic E-state index is 0.550. The molecule has 0 aromatic heterocycles. The predicted octanol–water partition coefficient (Wildman–Crippen LogP) is 2.74. The van der Waals surface area contributed by atoms with E-state index in [1.54, 1.807) is 7.11 Å². The number of hydrogen-bond donors (Lipinski definition) is 1. The number of ether oxygens (including phenoxy) is 1. The molecule has 0 saturated carbocycles. The van der Waals surface area contributed by atoms with Crippen LogP contribution in [0.5, 0.6) is 5.75 Å². The largest absolute Gasteiger partial charge is 0.497 e. The van der Waals surface area contributed by atoms with E-state index >= 15 is 0 Å². The number of hydrogen-bond acceptors (Lipinski definition) is 2. The van der Waals surface area contributed by atoms with Crippen LogP contribution in [0.2, 0.25) is 0 Å². The van der Waals surface area contributed by atoms with Gasteiger partial charge in [-0.2, -0.15) is 0 Å². The van der Waals surface area contributed by atoms with Crippen molar-refractivity contribution in [3.63, 3.8) is 0 Å². The first-order chi connectivity index (χ1) is 6.69. The number of rotatable bonds is 3. The molecule has 1 rings (SSSR count). The molecule has 0 heterocycles. The maximum Gasteiger partial charge on any atom is 0.120 e. The average molecular weight is 256 g/mol. The third-order valence-electron chi connectivity index (χ3n) is 2.03. The highest BCUT2D eigenvalue weighted by Crippen LogP contribution is 2.27. The Kier molecular flexibility index (Phi) is 4.17. The van der Waals surface area contributed by atoms with Gasteiger partial charge in [0.05, 0.1) is 7.11 Å². The quantitative estimate of drug-likeness (QED) is 0.902. The molecule has 0 radical (unpaired) electrons. The fourth-order valence-electron chi connectivity index (χ4n) is 1.16. The molecule has 0 fully saturated rings. The fourth-order valence-corrected chi connectivity index (χ4v) is 1.61. The zero-order chi connectivity index (χ0) is 10.6. The Balaban J connectivity index is 3.13. The van der Waals surface area contributed by atoms with E-state index in [0.717, 1.165) is 15.8 Å². The van der Waals surface area contributed by atoms with E-state index in [4.69, 9.17) is 10.5 Å². The SMILES string of the molecule is COc1cc(Br)c(C)c(/C=C/CN)c1. The topological polar surface area (TPSA) is 35.2 Å². The molecule has 0 unspecified atom stereocenters. The molecule has 0 saturated heterocycles. The van der Waals surface area contributed by atoms with Crippen molar-refractivity contribution in [2.24, 2.45) is 5.73 Å². The summed E-state index contributed by atoms with van der Waals surface area (Å²) in [7, 11) is 1.66. The molecular formula is C11H14BrNO. The van der Waals surface area contributed by atoms with Crippen molar-refractivity contribution in [1.82, 2.24) is 0 Å². The lowest BCUT2D eigenvalue weighted by atomic mass is 10.1. The number of halogens is 1. The highest BCUT2D eigenvalue weighted by molar-refractivity contribution is 9.10. The summed E-state index contributed by atoms with van der Waals surface area (Å²) in [5.41, 5.74) is 7.72. The fraction of sp³-hybridized carbons (Fsp3) is 0.273. The van der Waals surface area contributed by atoms with Crippen molar-refractivity contribution >= 4 is 22.0 Å². The van der Waals surface area contributed by atoms with Crippen LogP contribution in [0.4, 0.5) is 0 Å². The minimum absolute atomic E-state index is 0.550. The highest BCUT2D eigenvalue weighted by Gasteiger charge is 2.02. The van der Waals surface area contributed by atoms with Crippen molar-refractivity contribution in [2.45, 2.75) is 6.92 Å². The van der Waals surface area contributed by atoms with E-state index in [1.165, 1.54) is 5.56 Å². The second kappa shape index (κ2) is 5.17.